The van der Waals surface area contributed by atoms with Crippen LogP contribution in [0.15, 0.2) is 24.3 Å². The Morgan fingerprint density at radius 3 is 2.95 bits per heavy atom. The maximum atomic E-state index is 9.88. The van der Waals surface area contributed by atoms with Gasteiger partial charge in [-0.05, 0) is 37.0 Å². The molecule has 1 saturated carbocycles. The molecule has 0 unspecified atom stereocenters. The smallest absolute Gasteiger partial charge is 0.119 e. The first-order chi connectivity index (χ1) is 10.8. The highest BCUT2D eigenvalue weighted by molar-refractivity contribution is 5.34. The van der Waals surface area contributed by atoms with Gasteiger partial charge in [0, 0.05) is 12.0 Å². The van der Waals surface area contributed by atoms with Gasteiger partial charge in [0.1, 0.15) is 17.5 Å². The first-order valence-electron chi connectivity index (χ1n) is 8.30. The van der Waals surface area contributed by atoms with Crippen LogP contribution in [0.1, 0.15) is 43.8 Å². The Labute approximate surface area is 131 Å². The summed E-state index contributed by atoms with van der Waals surface area (Å²) in [5, 5.41) is 9.88. The zero-order valence-electron chi connectivity index (χ0n) is 13.1. The average Bonchev–Trinajstić information content (AvgIpc) is 3.08. The molecule has 4 heteroatoms. The van der Waals surface area contributed by atoms with Crippen LogP contribution in [0, 0.1) is 5.41 Å². The van der Waals surface area contributed by atoms with E-state index in [4.69, 9.17) is 14.2 Å². The fourth-order valence-corrected chi connectivity index (χ4v) is 5.11. The molecule has 3 aliphatic rings. The summed E-state index contributed by atoms with van der Waals surface area (Å²) in [6.07, 6.45) is 5.28. The third-order valence-electron chi connectivity index (χ3n) is 6.06. The molecule has 22 heavy (non-hydrogen) atoms. The topological polar surface area (TPSA) is 47.9 Å². The van der Waals surface area contributed by atoms with Crippen LogP contribution < -0.4 is 4.74 Å². The van der Waals surface area contributed by atoms with E-state index in [-0.39, 0.29) is 29.8 Å². The molecule has 1 aromatic rings. The molecule has 0 bridgehead atoms. The van der Waals surface area contributed by atoms with Gasteiger partial charge in [0.2, 0.25) is 0 Å². The number of benzene rings is 1. The molecule has 4 atom stereocenters. The molecule has 0 aromatic heterocycles. The van der Waals surface area contributed by atoms with Crippen molar-refractivity contribution >= 4 is 0 Å². The summed E-state index contributed by atoms with van der Waals surface area (Å²) in [6, 6.07) is 8.15. The number of aliphatic hydroxyl groups is 1. The number of hydrogen-bond acceptors (Lipinski definition) is 4. The predicted molar refractivity (Wildman–Crippen MR) is 81.9 cm³/mol. The van der Waals surface area contributed by atoms with E-state index < -0.39 is 0 Å². The van der Waals surface area contributed by atoms with E-state index in [0.717, 1.165) is 43.6 Å². The van der Waals surface area contributed by atoms with Crippen LogP contribution in [0.2, 0.25) is 0 Å². The first kappa shape index (κ1) is 14.5. The highest BCUT2D eigenvalue weighted by Crippen LogP contribution is 2.67. The van der Waals surface area contributed by atoms with Crippen LogP contribution in [0.3, 0.4) is 0 Å². The van der Waals surface area contributed by atoms with Gasteiger partial charge in [0.25, 0.3) is 0 Å². The molecule has 2 heterocycles. The van der Waals surface area contributed by atoms with Gasteiger partial charge in [-0.1, -0.05) is 25.0 Å². The Hall–Kier alpha value is -1.10. The summed E-state index contributed by atoms with van der Waals surface area (Å²) >= 11 is 0. The van der Waals surface area contributed by atoms with Crippen LogP contribution in [0.25, 0.3) is 0 Å². The van der Waals surface area contributed by atoms with Gasteiger partial charge < -0.3 is 19.3 Å². The largest absolute Gasteiger partial charge is 0.497 e. The fraction of sp³-hybridized carbons (Fsp3) is 0.667. The maximum Gasteiger partial charge on any atom is 0.119 e. The van der Waals surface area contributed by atoms with Gasteiger partial charge in [-0.3, -0.25) is 0 Å². The third kappa shape index (κ3) is 1.75. The lowest BCUT2D eigenvalue weighted by atomic mass is 9.59. The van der Waals surface area contributed by atoms with Crippen molar-refractivity contribution in [3.63, 3.8) is 0 Å². The molecule has 1 aliphatic carbocycles. The highest BCUT2D eigenvalue weighted by atomic mass is 16.6. The Morgan fingerprint density at radius 1 is 1.27 bits per heavy atom. The third-order valence-corrected chi connectivity index (χ3v) is 6.06. The first-order valence-corrected chi connectivity index (χ1v) is 8.30. The minimum Gasteiger partial charge on any atom is -0.497 e. The number of hydrogen-bond donors (Lipinski definition) is 1. The lowest BCUT2D eigenvalue weighted by molar-refractivity contribution is -0.115. The van der Waals surface area contributed by atoms with Crippen LogP contribution in [0.5, 0.6) is 5.75 Å². The SMILES string of the molecule is COc1cccc([C@@H]2O[C@@H](CO)[C@]34CCCC[C@]23CCO4)c1. The van der Waals surface area contributed by atoms with E-state index in [9.17, 15) is 5.11 Å². The van der Waals surface area contributed by atoms with Gasteiger partial charge in [0.05, 0.1) is 19.8 Å². The van der Waals surface area contributed by atoms with E-state index in [0.29, 0.717) is 0 Å². The number of methoxy groups -OCH3 is 1. The van der Waals surface area contributed by atoms with Crippen LogP contribution >= 0.6 is 0 Å². The molecule has 3 fully saturated rings. The van der Waals surface area contributed by atoms with E-state index in [2.05, 4.69) is 12.1 Å². The van der Waals surface area contributed by atoms with Gasteiger partial charge in [-0.25, -0.2) is 0 Å². The average molecular weight is 304 g/mol. The van der Waals surface area contributed by atoms with Crippen LogP contribution in [-0.4, -0.2) is 37.1 Å². The van der Waals surface area contributed by atoms with Crippen molar-refractivity contribution in [3.05, 3.63) is 29.8 Å². The Morgan fingerprint density at radius 2 is 2.14 bits per heavy atom. The van der Waals surface area contributed by atoms with Crippen molar-refractivity contribution in [2.24, 2.45) is 5.41 Å². The molecule has 4 nitrogen and oxygen atoms in total. The van der Waals surface area contributed by atoms with E-state index in [1.165, 1.54) is 6.42 Å². The van der Waals surface area contributed by atoms with Gasteiger partial charge >= 0.3 is 0 Å². The van der Waals surface area contributed by atoms with E-state index in [1.807, 2.05) is 12.1 Å². The number of aliphatic hydroxyl groups excluding tert-OH is 1. The molecule has 2 saturated heterocycles. The molecular formula is C18H24O4. The van der Waals surface area contributed by atoms with Crippen molar-refractivity contribution in [2.75, 3.05) is 20.3 Å². The van der Waals surface area contributed by atoms with Gasteiger partial charge in [-0.15, -0.1) is 0 Å². The van der Waals surface area contributed by atoms with Crippen LogP contribution in [0.4, 0.5) is 0 Å². The maximum absolute atomic E-state index is 9.88. The molecule has 0 radical (unpaired) electrons. The summed E-state index contributed by atoms with van der Waals surface area (Å²) in [6.45, 7) is 0.808. The zero-order valence-corrected chi connectivity index (χ0v) is 13.1. The minimum atomic E-state index is -0.298. The summed E-state index contributed by atoms with van der Waals surface area (Å²) < 4.78 is 18.0. The Balaban J connectivity index is 1.79. The lowest BCUT2D eigenvalue weighted by Gasteiger charge is -2.45. The Bertz CT molecular complexity index is 560. The van der Waals surface area contributed by atoms with Gasteiger partial charge in [-0.2, -0.15) is 0 Å². The van der Waals surface area contributed by atoms with Crippen molar-refractivity contribution in [1.29, 1.82) is 0 Å². The zero-order chi connectivity index (χ0) is 15.2. The lowest BCUT2D eigenvalue weighted by Crippen LogP contribution is -2.52. The monoisotopic (exact) mass is 304 g/mol. The quantitative estimate of drug-likeness (QED) is 0.933. The van der Waals surface area contributed by atoms with Crippen molar-refractivity contribution in [1.82, 2.24) is 0 Å². The second-order valence-corrected chi connectivity index (χ2v) is 6.82. The second-order valence-electron chi connectivity index (χ2n) is 6.82. The molecule has 4 rings (SSSR count). The van der Waals surface area contributed by atoms with Gasteiger partial charge in [0.15, 0.2) is 0 Å². The molecule has 0 spiro atoms. The van der Waals surface area contributed by atoms with E-state index in [1.54, 1.807) is 7.11 Å². The summed E-state index contributed by atoms with van der Waals surface area (Å²) in [5.41, 5.74) is 0.853. The van der Waals surface area contributed by atoms with Crippen LogP contribution in [-0.2, 0) is 9.47 Å². The Kier molecular flexibility index (Phi) is 3.44. The summed E-state index contributed by atoms with van der Waals surface area (Å²) in [4.78, 5) is 0. The molecule has 2 aliphatic heterocycles. The van der Waals surface area contributed by atoms with E-state index >= 15 is 0 Å². The highest BCUT2D eigenvalue weighted by Gasteiger charge is 2.70. The van der Waals surface area contributed by atoms with Crippen molar-refractivity contribution in [3.8, 4) is 5.75 Å². The normalized spacial score (nSPS) is 40.3. The van der Waals surface area contributed by atoms with Crippen molar-refractivity contribution < 1.29 is 19.3 Å². The summed E-state index contributed by atoms with van der Waals surface area (Å²) in [7, 11) is 1.69. The summed E-state index contributed by atoms with van der Waals surface area (Å²) in [5.74, 6) is 0.852. The molecular weight excluding hydrogens is 280 g/mol. The number of ether oxygens (including phenoxy) is 3. The predicted octanol–water partition coefficient (Wildman–Crippen LogP) is 2.85. The second kappa shape index (κ2) is 5.22. The number of rotatable bonds is 3. The fourth-order valence-electron chi connectivity index (χ4n) is 5.11. The van der Waals surface area contributed by atoms with Crippen molar-refractivity contribution in [2.45, 2.75) is 49.9 Å². The molecule has 0 amide bonds. The minimum absolute atomic E-state index is 0.00497. The standard InChI is InChI=1S/C18H24O4/c1-20-14-6-4-5-13(11-14)16-17-7-2-3-8-18(17,21-10-9-17)15(12-19)22-16/h4-6,11,15-16,19H,2-3,7-10,12H2,1H3/t15-,16-,17-,18+/m0/s1. The molecule has 120 valence electrons. The molecule has 1 N–H and O–H groups in total. The molecule has 1 aromatic carbocycles.